The maximum atomic E-state index is 4.71. The van der Waals surface area contributed by atoms with Crippen molar-refractivity contribution in [3.63, 3.8) is 0 Å². The molecule has 7 rings (SSSR count). The van der Waals surface area contributed by atoms with Gasteiger partial charge >= 0.3 is 0 Å². The van der Waals surface area contributed by atoms with Crippen LogP contribution in [0, 0.1) is 5.41 Å². The molecule has 4 aliphatic carbocycles. The van der Waals surface area contributed by atoms with E-state index in [1.54, 1.807) is 0 Å². The van der Waals surface area contributed by atoms with Gasteiger partial charge in [0.15, 0.2) is 0 Å². The van der Waals surface area contributed by atoms with Gasteiger partial charge in [0.05, 0.1) is 9.88 Å². The number of nitrogens with one attached hydrogen (secondary N) is 1. The number of rotatable bonds is 7. The maximum Gasteiger partial charge on any atom is 0.127 e. The molecule has 4 fully saturated rings. The van der Waals surface area contributed by atoms with Crippen LogP contribution >= 0.6 is 11.3 Å². The van der Waals surface area contributed by atoms with Crippen molar-refractivity contribution in [2.75, 3.05) is 30.9 Å². The van der Waals surface area contributed by atoms with E-state index in [0.29, 0.717) is 10.8 Å². The van der Waals surface area contributed by atoms with Crippen molar-refractivity contribution in [3.05, 3.63) is 59.4 Å². The third kappa shape index (κ3) is 4.05. The van der Waals surface area contributed by atoms with E-state index < -0.39 is 0 Å². The first-order chi connectivity index (χ1) is 16.0. The number of thiazole rings is 1. The second kappa shape index (κ2) is 8.12. The summed E-state index contributed by atoms with van der Waals surface area (Å²) in [7, 11) is 4.11. The van der Waals surface area contributed by atoms with Gasteiger partial charge in [-0.1, -0.05) is 18.2 Å². The van der Waals surface area contributed by atoms with Crippen LogP contribution in [0.2, 0.25) is 0 Å². The zero-order valence-electron chi connectivity index (χ0n) is 19.8. The molecule has 4 saturated carbocycles. The van der Waals surface area contributed by atoms with Gasteiger partial charge in [-0.25, -0.2) is 9.97 Å². The Morgan fingerprint density at radius 1 is 0.970 bits per heavy atom. The Kier molecular flexibility index (Phi) is 5.21. The number of fused-ring (bicyclic) bond motifs is 3. The summed E-state index contributed by atoms with van der Waals surface area (Å²) >= 11 is 1.87. The molecule has 0 atom stereocenters. The van der Waals surface area contributed by atoms with Gasteiger partial charge in [0.1, 0.15) is 5.82 Å². The van der Waals surface area contributed by atoms with E-state index in [1.165, 1.54) is 78.1 Å². The van der Waals surface area contributed by atoms with Gasteiger partial charge in [-0.15, -0.1) is 11.3 Å². The van der Waals surface area contributed by atoms with E-state index in [4.69, 9.17) is 4.98 Å². The van der Waals surface area contributed by atoms with Crippen LogP contribution in [-0.4, -0.2) is 30.6 Å². The van der Waals surface area contributed by atoms with Crippen molar-refractivity contribution in [1.29, 1.82) is 0 Å². The average molecular weight is 459 g/mol. The number of hydrogen-bond acceptors (Lipinski definition) is 5. The average Bonchev–Trinajstić information content (AvgIpc) is 3.60. The van der Waals surface area contributed by atoms with Crippen molar-refractivity contribution in [2.24, 2.45) is 5.41 Å². The highest BCUT2D eigenvalue weighted by molar-refractivity contribution is 7.15. The summed E-state index contributed by atoms with van der Waals surface area (Å²) in [5.41, 5.74) is 4.79. The second-order valence-corrected chi connectivity index (χ2v) is 11.9. The molecule has 2 heterocycles. The van der Waals surface area contributed by atoms with Crippen LogP contribution < -0.4 is 10.2 Å². The van der Waals surface area contributed by atoms with Crippen molar-refractivity contribution in [1.82, 2.24) is 9.97 Å². The van der Waals surface area contributed by atoms with Gasteiger partial charge < -0.3 is 10.2 Å². The summed E-state index contributed by atoms with van der Waals surface area (Å²) in [5.74, 6) is 1.78. The minimum Gasteiger partial charge on any atom is -0.384 e. The van der Waals surface area contributed by atoms with Gasteiger partial charge in [0.25, 0.3) is 0 Å². The molecule has 0 amide bonds. The molecule has 0 spiro atoms. The fourth-order valence-corrected chi connectivity index (χ4v) is 7.02. The van der Waals surface area contributed by atoms with Crippen LogP contribution in [0.15, 0.2) is 48.8 Å². The predicted molar refractivity (Wildman–Crippen MR) is 138 cm³/mol. The lowest BCUT2D eigenvalue weighted by atomic mass is 9.52. The number of nitrogens with zero attached hydrogens (tertiary/aromatic N) is 3. The Morgan fingerprint density at radius 2 is 1.76 bits per heavy atom. The summed E-state index contributed by atoms with van der Waals surface area (Å²) in [4.78, 5) is 12.8. The molecular weight excluding hydrogens is 424 g/mol. The van der Waals surface area contributed by atoms with Crippen LogP contribution in [0.25, 0.3) is 10.4 Å². The van der Waals surface area contributed by atoms with Gasteiger partial charge in [-0.3, -0.25) is 0 Å². The van der Waals surface area contributed by atoms with Gasteiger partial charge in [0.2, 0.25) is 0 Å². The summed E-state index contributed by atoms with van der Waals surface area (Å²) in [6, 6.07) is 13.5. The van der Waals surface area contributed by atoms with Crippen molar-refractivity contribution < 1.29 is 0 Å². The number of anilines is 2. The largest absolute Gasteiger partial charge is 0.384 e. The fourth-order valence-electron chi connectivity index (χ4n) is 5.94. The predicted octanol–water partition coefficient (Wildman–Crippen LogP) is 6.85. The topological polar surface area (TPSA) is 41.0 Å². The smallest absolute Gasteiger partial charge is 0.127 e. The molecule has 2 bridgehead atoms. The van der Waals surface area contributed by atoms with E-state index in [1.807, 2.05) is 11.3 Å². The molecule has 0 radical (unpaired) electrons. The fraction of sp³-hybridized carbons (Fsp3) is 0.500. The zero-order valence-corrected chi connectivity index (χ0v) is 20.6. The molecule has 33 heavy (non-hydrogen) atoms. The van der Waals surface area contributed by atoms with E-state index in [-0.39, 0.29) is 0 Å². The van der Waals surface area contributed by atoms with Crippen LogP contribution in [0.5, 0.6) is 0 Å². The standard InChI is InChI=1S/C28H34N4S/c1-32(2)25-9-8-22(17-29-25)28-13-10-27(11-14-28,12-15-28)19-31-23-5-3-4-21(16-23)24-18-30-26(33-24)20-6-7-20/h3-5,8-9,16-18,20,31H,6-7,10-15,19H2,1-2H3. The van der Waals surface area contributed by atoms with Crippen molar-refractivity contribution in [2.45, 2.75) is 62.7 Å². The number of aromatic nitrogens is 2. The Bertz CT molecular complexity index is 1100. The normalized spacial score (nSPS) is 26.4. The summed E-state index contributed by atoms with van der Waals surface area (Å²) in [6.07, 6.45) is 14.7. The van der Waals surface area contributed by atoms with Gasteiger partial charge in [0, 0.05) is 44.6 Å². The van der Waals surface area contributed by atoms with Crippen LogP contribution in [0.3, 0.4) is 0 Å². The Labute approximate surface area is 201 Å². The maximum absolute atomic E-state index is 4.71. The number of pyridine rings is 1. The zero-order chi connectivity index (χ0) is 22.5. The highest BCUT2D eigenvalue weighted by Crippen LogP contribution is 2.57. The summed E-state index contributed by atoms with van der Waals surface area (Å²) in [6.45, 7) is 1.08. The molecular formula is C28H34N4S. The van der Waals surface area contributed by atoms with E-state index in [0.717, 1.165) is 18.3 Å². The molecule has 2 aromatic heterocycles. The first kappa shape index (κ1) is 21.2. The monoisotopic (exact) mass is 458 g/mol. The van der Waals surface area contributed by atoms with Crippen LogP contribution in [0.1, 0.15) is 67.9 Å². The second-order valence-electron chi connectivity index (χ2n) is 10.9. The third-order valence-corrected chi connectivity index (χ3v) is 9.69. The lowest BCUT2D eigenvalue weighted by molar-refractivity contribution is 0.0504. The molecule has 1 N–H and O–H groups in total. The first-order valence-corrected chi connectivity index (χ1v) is 13.3. The molecule has 0 unspecified atom stereocenters. The highest BCUT2D eigenvalue weighted by Gasteiger charge is 2.49. The number of benzene rings is 1. The van der Waals surface area contributed by atoms with E-state index in [9.17, 15) is 0 Å². The summed E-state index contributed by atoms with van der Waals surface area (Å²) in [5, 5.41) is 5.14. The molecule has 0 aliphatic heterocycles. The van der Waals surface area contributed by atoms with Crippen molar-refractivity contribution in [3.8, 4) is 10.4 Å². The van der Waals surface area contributed by atoms with Gasteiger partial charge in [-0.05, 0) is 91.5 Å². The minimum atomic E-state index is 0.352. The number of hydrogen-bond donors (Lipinski definition) is 1. The lowest BCUT2D eigenvalue weighted by Gasteiger charge is -2.54. The first-order valence-electron chi connectivity index (χ1n) is 12.5. The molecule has 4 aliphatic rings. The van der Waals surface area contributed by atoms with Gasteiger partial charge in [-0.2, -0.15) is 0 Å². The molecule has 1 aromatic carbocycles. The van der Waals surface area contributed by atoms with E-state index >= 15 is 0 Å². The summed E-state index contributed by atoms with van der Waals surface area (Å²) < 4.78 is 0. The SMILES string of the molecule is CN(C)c1ccc(C23CCC(CNc4cccc(-c5cnc(C6CC6)s5)c4)(CC2)CC3)cn1. The van der Waals surface area contributed by atoms with E-state index in [2.05, 4.69) is 78.1 Å². The molecule has 3 aromatic rings. The Hall–Kier alpha value is -2.40. The third-order valence-electron chi connectivity index (χ3n) is 8.48. The molecule has 0 saturated heterocycles. The van der Waals surface area contributed by atoms with Crippen LogP contribution in [-0.2, 0) is 5.41 Å². The van der Waals surface area contributed by atoms with Crippen LogP contribution in [0.4, 0.5) is 11.5 Å². The van der Waals surface area contributed by atoms with Crippen molar-refractivity contribution >= 4 is 22.8 Å². The lowest BCUT2D eigenvalue weighted by Crippen LogP contribution is -2.47. The Morgan fingerprint density at radius 3 is 2.42 bits per heavy atom. The Balaban J connectivity index is 1.10. The quantitative estimate of drug-likeness (QED) is 0.420. The highest BCUT2D eigenvalue weighted by atomic mass is 32.1. The molecule has 4 nitrogen and oxygen atoms in total. The minimum absolute atomic E-state index is 0.352. The molecule has 172 valence electrons. The molecule has 5 heteroatoms.